The summed E-state index contributed by atoms with van der Waals surface area (Å²) in [6.07, 6.45) is 1.76. The molecule has 0 atom stereocenters. The van der Waals surface area contributed by atoms with E-state index >= 15 is 0 Å². The maximum absolute atomic E-state index is 12.2. The van der Waals surface area contributed by atoms with Crippen molar-refractivity contribution in [1.82, 2.24) is 15.1 Å². The zero-order valence-corrected chi connectivity index (χ0v) is 14.7. The molecule has 0 spiro atoms. The summed E-state index contributed by atoms with van der Waals surface area (Å²) >= 11 is 2.74. The molecule has 1 N–H and O–H groups in total. The Morgan fingerprint density at radius 2 is 1.92 bits per heavy atom. The first-order chi connectivity index (χ1) is 12.1. The minimum atomic E-state index is -0.368. The number of nitrogens with zero attached hydrogens (tertiary/aromatic N) is 3. The van der Waals surface area contributed by atoms with Crippen LogP contribution in [0.25, 0.3) is 0 Å². The van der Waals surface area contributed by atoms with Gasteiger partial charge < -0.3 is 5.32 Å². The Bertz CT molecular complexity index is 814. The lowest BCUT2D eigenvalue weighted by atomic mass is 10.1. The number of carbonyl (C=O) groups excluding carboxylic acids is 3. The molecule has 2 heterocycles. The average Bonchev–Trinajstić information content (AvgIpc) is 3.15. The Kier molecular flexibility index (Phi) is 5.25. The van der Waals surface area contributed by atoms with Gasteiger partial charge in [0.2, 0.25) is 11.0 Å². The second-order valence-corrected chi connectivity index (χ2v) is 7.32. The van der Waals surface area contributed by atoms with E-state index in [9.17, 15) is 14.4 Å². The third kappa shape index (κ3) is 3.77. The number of amides is 3. The number of anilines is 1. The van der Waals surface area contributed by atoms with Gasteiger partial charge in [0.05, 0.1) is 11.1 Å². The van der Waals surface area contributed by atoms with Crippen molar-refractivity contribution >= 4 is 46.0 Å². The number of nitrogens with one attached hydrogen (secondary N) is 1. The first-order valence-electron chi connectivity index (χ1n) is 7.42. The van der Waals surface area contributed by atoms with E-state index in [-0.39, 0.29) is 30.7 Å². The molecular weight excluding hydrogens is 360 g/mol. The Labute approximate surface area is 152 Å². The molecule has 25 heavy (non-hydrogen) atoms. The molecule has 0 unspecified atom stereocenters. The highest BCUT2D eigenvalue weighted by atomic mass is 32.2. The number of carbonyl (C=O) groups is 3. The molecular formula is C16H14N4O3S2. The lowest BCUT2D eigenvalue weighted by molar-refractivity contribution is -0.116. The van der Waals surface area contributed by atoms with Gasteiger partial charge in [-0.25, -0.2) is 0 Å². The lowest BCUT2D eigenvalue weighted by Crippen LogP contribution is -2.32. The van der Waals surface area contributed by atoms with Crippen LogP contribution in [0, 0.1) is 0 Å². The first-order valence-corrected chi connectivity index (χ1v) is 9.22. The van der Waals surface area contributed by atoms with Crippen LogP contribution >= 0.6 is 23.1 Å². The number of fused-ring (bicyclic) bond motifs is 1. The maximum atomic E-state index is 12.2. The molecule has 0 aliphatic carbocycles. The normalized spacial score (nSPS) is 13.0. The van der Waals surface area contributed by atoms with Gasteiger partial charge in [-0.1, -0.05) is 41.3 Å². The lowest BCUT2D eigenvalue weighted by Gasteiger charge is -2.12. The Morgan fingerprint density at radius 1 is 1.24 bits per heavy atom. The molecule has 0 fully saturated rings. The van der Waals surface area contributed by atoms with Crippen molar-refractivity contribution in [2.24, 2.45) is 0 Å². The van der Waals surface area contributed by atoms with E-state index < -0.39 is 0 Å². The minimum absolute atomic E-state index is 0.000181. The Balaban J connectivity index is 1.55. The van der Waals surface area contributed by atoms with Gasteiger partial charge in [0.1, 0.15) is 0 Å². The number of benzene rings is 1. The molecule has 0 bridgehead atoms. The number of imide groups is 1. The molecule has 2 aromatic rings. The standard InChI is InChI=1S/C16H14N4O3S2/c1-2-9-24-16-19-18-15(25-16)17-12(21)7-8-20-13(22)10-5-3-4-6-11(10)14(20)23/h2-6H,1,7-9H2,(H,17,18,21). The molecule has 128 valence electrons. The van der Waals surface area contributed by atoms with Crippen LogP contribution in [0.5, 0.6) is 0 Å². The highest BCUT2D eigenvalue weighted by Crippen LogP contribution is 2.26. The minimum Gasteiger partial charge on any atom is -0.300 e. The van der Waals surface area contributed by atoms with Crippen LogP contribution in [0.4, 0.5) is 5.13 Å². The zero-order chi connectivity index (χ0) is 17.8. The summed E-state index contributed by atoms with van der Waals surface area (Å²) in [4.78, 5) is 37.6. The summed E-state index contributed by atoms with van der Waals surface area (Å²) in [7, 11) is 0. The van der Waals surface area contributed by atoms with E-state index in [1.807, 2.05) is 0 Å². The van der Waals surface area contributed by atoms with Gasteiger partial charge in [0.25, 0.3) is 11.8 Å². The third-order valence-corrected chi connectivity index (χ3v) is 5.39. The molecule has 0 saturated heterocycles. The van der Waals surface area contributed by atoms with E-state index in [1.54, 1.807) is 30.3 Å². The number of aromatic nitrogens is 2. The summed E-state index contributed by atoms with van der Waals surface area (Å²) in [5.41, 5.74) is 0.752. The van der Waals surface area contributed by atoms with Gasteiger partial charge in [-0.3, -0.25) is 19.3 Å². The molecule has 0 radical (unpaired) electrons. The SMILES string of the molecule is C=CCSc1nnc(NC(=O)CCN2C(=O)c3ccccc3C2=O)s1. The van der Waals surface area contributed by atoms with E-state index in [0.29, 0.717) is 22.0 Å². The summed E-state index contributed by atoms with van der Waals surface area (Å²) in [5, 5.41) is 10.8. The number of rotatable bonds is 7. The van der Waals surface area contributed by atoms with Gasteiger partial charge in [0, 0.05) is 18.7 Å². The summed E-state index contributed by atoms with van der Waals surface area (Å²) in [5.74, 6) is -0.352. The predicted octanol–water partition coefficient (Wildman–Crippen LogP) is 2.44. The number of thioether (sulfide) groups is 1. The summed E-state index contributed by atoms with van der Waals surface area (Å²) < 4.78 is 0.732. The molecule has 3 rings (SSSR count). The second kappa shape index (κ2) is 7.58. The topological polar surface area (TPSA) is 92.3 Å². The number of hydrogen-bond acceptors (Lipinski definition) is 7. The van der Waals surface area contributed by atoms with Gasteiger partial charge in [-0.15, -0.1) is 16.8 Å². The van der Waals surface area contributed by atoms with Crippen molar-refractivity contribution in [1.29, 1.82) is 0 Å². The highest BCUT2D eigenvalue weighted by Gasteiger charge is 2.34. The molecule has 3 amide bonds. The van der Waals surface area contributed by atoms with E-state index in [0.717, 1.165) is 9.24 Å². The van der Waals surface area contributed by atoms with Crippen molar-refractivity contribution in [3.8, 4) is 0 Å². The third-order valence-electron chi connectivity index (χ3n) is 3.42. The zero-order valence-electron chi connectivity index (χ0n) is 13.1. The van der Waals surface area contributed by atoms with Crippen molar-refractivity contribution < 1.29 is 14.4 Å². The fourth-order valence-corrected chi connectivity index (χ4v) is 3.82. The van der Waals surface area contributed by atoms with Crippen LogP contribution in [0.2, 0.25) is 0 Å². The van der Waals surface area contributed by atoms with Crippen molar-refractivity contribution in [2.45, 2.75) is 10.8 Å². The van der Waals surface area contributed by atoms with Crippen molar-refractivity contribution in [3.63, 3.8) is 0 Å². The van der Waals surface area contributed by atoms with Crippen LogP contribution in [0.3, 0.4) is 0 Å². The highest BCUT2D eigenvalue weighted by molar-refractivity contribution is 8.01. The Hall–Kier alpha value is -2.52. The van der Waals surface area contributed by atoms with Crippen LogP contribution in [0.1, 0.15) is 27.1 Å². The largest absolute Gasteiger partial charge is 0.300 e. The van der Waals surface area contributed by atoms with Crippen LogP contribution in [0.15, 0.2) is 41.3 Å². The molecule has 7 nitrogen and oxygen atoms in total. The van der Waals surface area contributed by atoms with Gasteiger partial charge >= 0.3 is 0 Å². The molecule has 1 aromatic heterocycles. The first kappa shape index (κ1) is 17.3. The van der Waals surface area contributed by atoms with E-state index in [4.69, 9.17) is 0 Å². The smallest absolute Gasteiger partial charge is 0.261 e. The van der Waals surface area contributed by atoms with Gasteiger partial charge in [-0.05, 0) is 12.1 Å². The number of hydrogen-bond donors (Lipinski definition) is 1. The molecule has 1 aliphatic heterocycles. The maximum Gasteiger partial charge on any atom is 0.261 e. The van der Waals surface area contributed by atoms with Crippen LogP contribution in [-0.4, -0.2) is 45.1 Å². The summed E-state index contributed by atoms with van der Waals surface area (Å²) in [6, 6.07) is 6.63. The molecule has 1 aliphatic rings. The van der Waals surface area contributed by atoms with Gasteiger partial charge in [0.15, 0.2) is 4.34 Å². The summed E-state index contributed by atoms with van der Waals surface area (Å²) in [6.45, 7) is 3.65. The van der Waals surface area contributed by atoms with E-state index in [2.05, 4.69) is 22.1 Å². The quantitative estimate of drug-likeness (QED) is 0.346. The second-order valence-electron chi connectivity index (χ2n) is 5.08. The van der Waals surface area contributed by atoms with Gasteiger partial charge in [-0.2, -0.15) is 0 Å². The Morgan fingerprint density at radius 3 is 2.56 bits per heavy atom. The molecule has 0 saturated carbocycles. The van der Waals surface area contributed by atoms with Crippen molar-refractivity contribution in [3.05, 3.63) is 48.0 Å². The molecule has 9 heteroatoms. The van der Waals surface area contributed by atoms with E-state index in [1.165, 1.54) is 23.1 Å². The fraction of sp³-hybridized carbons (Fsp3) is 0.188. The van der Waals surface area contributed by atoms with Crippen LogP contribution in [-0.2, 0) is 4.79 Å². The van der Waals surface area contributed by atoms with Crippen LogP contribution < -0.4 is 5.32 Å². The molecule has 1 aromatic carbocycles. The average molecular weight is 374 g/mol. The fourth-order valence-electron chi connectivity index (χ4n) is 2.29. The van der Waals surface area contributed by atoms with Crippen molar-refractivity contribution in [2.75, 3.05) is 17.6 Å². The predicted molar refractivity (Wildman–Crippen MR) is 95.9 cm³/mol. The monoisotopic (exact) mass is 374 g/mol.